The molecule has 0 saturated carbocycles. The Morgan fingerprint density at radius 2 is 2.04 bits per heavy atom. The van der Waals surface area contributed by atoms with E-state index in [2.05, 4.69) is 26.8 Å². The quantitative estimate of drug-likeness (QED) is 0.906. The average Bonchev–Trinajstić information content (AvgIpc) is 2.95. The van der Waals surface area contributed by atoms with Crippen molar-refractivity contribution in [3.8, 4) is 17.5 Å². The van der Waals surface area contributed by atoms with Crippen LogP contribution in [0.3, 0.4) is 0 Å². The predicted octanol–water partition coefficient (Wildman–Crippen LogP) is 1.70. The molecule has 1 unspecified atom stereocenters. The summed E-state index contributed by atoms with van der Waals surface area (Å²) in [6.07, 6.45) is 0. The maximum absolute atomic E-state index is 12.1. The zero-order valence-electron chi connectivity index (χ0n) is 13.7. The first kappa shape index (κ1) is 16.6. The first-order valence-corrected chi connectivity index (χ1v) is 7.41. The van der Waals surface area contributed by atoms with Crippen LogP contribution in [-0.4, -0.2) is 31.7 Å². The van der Waals surface area contributed by atoms with E-state index in [0.717, 1.165) is 11.1 Å². The fourth-order valence-electron chi connectivity index (χ4n) is 1.89. The van der Waals surface area contributed by atoms with Crippen LogP contribution in [0.1, 0.15) is 26.3 Å². The molecule has 0 spiro atoms. The molecule has 120 valence electrons. The van der Waals surface area contributed by atoms with E-state index in [1.54, 1.807) is 6.92 Å². The molecule has 1 aromatic heterocycles. The highest BCUT2D eigenvalue weighted by atomic mass is 16.2. The number of rotatable bonds is 5. The molecule has 1 atom stereocenters. The Hall–Kier alpha value is -2.75. The largest absolute Gasteiger partial charge is 0.336 e. The Bertz CT molecular complexity index is 728. The summed E-state index contributed by atoms with van der Waals surface area (Å²) in [5.74, 6) is 0.128. The summed E-state index contributed by atoms with van der Waals surface area (Å²) < 4.78 is 0. The van der Waals surface area contributed by atoms with Crippen LogP contribution in [0.4, 0.5) is 0 Å². The maximum atomic E-state index is 12.1. The molecule has 2 rings (SSSR count). The zero-order chi connectivity index (χ0) is 17.0. The highest BCUT2D eigenvalue weighted by Gasteiger charge is 2.30. The van der Waals surface area contributed by atoms with Gasteiger partial charge in [0.1, 0.15) is 12.1 Å². The summed E-state index contributed by atoms with van der Waals surface area (Å²) in [5.41, 5.74) is 1.06. The predicted molar refractivity (Wildman–Crippen MR) is 85.0 cm³/mol. The Kier molecular flexibility index (Phi) is 4.74. The Morgan fingerprint density at radius 3 is 2.61 bits per heavy atom. The molecule has 0 bridgehead atoms. The van der Waals surface area contributed by atoms with Crippen LogP contribution in [0.5, 0.6) is 0 Å². The first-order chi connectivity index (χ1) is 10.8. The molecule has 0 aliphatic rings. The lowest BCUT2D eigenvalue weighted by Crippen LogP contribution is -2.50. The number of benzene rings is 1. The van der Waals surface area contributed by atoms with Crippen molar-refractivity contribution >= 4 is 5.91 Å². The van der Waals surface area contributed by atoms with Crippen molar-refractivity contribution in [2.75, 3.05) is 0 Å². The van der Waals surface area contributed by atoms with Crippen molar-refractivity contribution in [1.29, 1.82) is 5.26 Å². The van der Waals surface area contributed by atoms with Crippen LogP contribution in [0.2, 0.25) is 0 Å². The van der Waals surface area contributed by atoms with Gasteiger partial charge in [0, 0.05) is 5.56 Å². The lowest BCUT2D eigenvalue weighted by atomic mass is 9.90. The number of nitrogens with one attached hydrogen (secondary N) is 1. The second kappa shape index (κ2) is 6.57. The Balaban J connectivity index is 2.06. The molecule has 0 aliphatic heterocycles. The average molecular weight is 312 g/mol. The molecule has 2 aromatic rings. The minimum atomic E-state index is -0.919. The van der Waals surface area contributed by atoms with Gasteiger partial charge in [0.2, 0.25) is 11.7 Å². The summed E-state index contributed by atoms with van der Waals surface area (Å²) in [7, 11) is 0. The number of carbonyl (C=O) groups is 1. The van der Waals surface area contributed by atoms with Crippen LogP contribution >= 0.6 is 0 Å². The number of tetrazole rings is 1. The van der Waals surface area contributed by atoms with Crippen molar-refractivity contribution < 1.29 is 4.79 Å². The monoisotopic (exact) mass is 312 g/mol. The Morgan fingerprint density at radius 1 is 1.39 bits per heavy atom. The minimum Gasteiger partial charge on any atom is -0.336 e. The maximum Gasteiger partial charge on any atom is 0.244 e. The molecule has 0 radical (unpaired) electrons. The van der Waals surface area contributed by atoms with Gasteiger partial charge < -0.3 is 5.32 Å². The number of nitrogens with zero attached hydrogens (tertiary/aromatic N) is 5. The van der Waals surface area contributed by atoms with E-state index in [-0.39, 0.29) is 18.4 Å². The summed E-state index contributed by atoms with van der Waals surface area (Å²) in [6.45, 7) is 7.38. The van der Waals surface area contributed by atoms with Crippen molar-refractivity contribution in [3.05, 3.63) is 29.8 Å². The summed E-state index contributed by atoms with van der Waals surface area (Å²) >= 11 is 0. The zero-order valence-corrected chi connectivity index (χ0v) is 13.7. The Labute approximate surface area is 135 Å². The van der Waals surface area contributed by atoms with Gasteiger partial charge in [-0.3, -0.25) is 4.79 Å². The van der Waals surface area contributed by atoms with Crippen LogP contribution in [0.15, 0.2) is 24.3 Å². The lowest BCUT2D eigenvalue weighted by Gasteiger charge is -2.27. The van der Waals surface area contributed by atoms with Gasteiger partial charge in [-0.15, -0.1) is 10.2 Å². The number of hydrogen-bond donors (Lipinski definition) is 1. The molecule has 1 heterocycles. The molecule has 7 heteroatoms. The van der Waals surface area contributed by atoms with Gasteiger partial charge >= 0.3 is 0 Å². The van der Waals surface area contributed by atoms with Crippen LogP contribution in [-0.2, 0) is 11.3 Å². The van der Waals surface area contributed by atoms with Gasteiger partial charge in [-0.05, 0) is 25.0 Å². The number of aromatic nitrogens is 4. The fraction of sp³-hybridized carbons (Fsp3) is 0.438. The van der Waals surface area contributed by atoms with Gasteiger partial charge in [0.05, 0.1) is 6.07 Å². The van der Waals surface area contributed by atoms with Crippen molar-refractivity contribution in [2.24, 2.45) is 5.92 Å². The summed E-state index contributed by atoms with van der Waals surface area (Å²) in [6, 6.07) is 9.87. The van der Waals surface area contributed by atoms with Crippen molar-refractivity contribution in [3.63, 3.8) is 0 Å². The van der Waals surface area contributed by atoms with Gasteiger partial charge in [-0.1, -0.05) is 43.7 Å². The number of carbonyl (C=O) groups excluding carboxylic acids is 1. The van der Waals surface area contributed by atoms with E-state index in [1.165, 1.54) is 4.80 Å². The van der Waals surface area contributed by atoms with E-state index in [1.807, 2.05) is 45.0 Å². The summed E-state index contributed by atoms with van der Waals surface area (Å²) in [4.78, 5) is 13.3. The number of aryl methyl sites for hydroxylation is 1. The van der Waals surface area contributed by atoms with Crippen LogP contribution in [0.25, 0.3) is 11.4 Å². The van der Waals surface area contributed by atoms with E-state index < -0.39 is 5.54 Å². The molecular weight excluding hydrogens is 292 g/mol. The van der Waals surface area contributed by atoms with Gasteiger partial charge in [-0.2, -0.15) is 10.1 Å². The molecule has 0 saturated heterocycles. The van der Waals surface area contributed by atoms with E-state index in [0.29, 0.717) is 5.82 Å². The molecule has 7 nitrogen and oxygen atoms in total. The standard InChI is InChI=1S/C16H20N6O/c1-11(2)16(4,10-17)18-14(23)9-22-20-15(19-21-22)13-7-5-12(3)6-8-13/h5-8,11H,9H2,1-4H3,(H,18,23). The molecular formula is C16H20N6O. The smallest absolute Gasteiger partial charge is 0.244 e. The summed E-state index contributed by atoms with van der Waals surface area (Å²) in [5, 5.41) is 24.0. The van der Waals surface area contributed by atoms with E-state index in [4.69, 9.17) is 0 Å². The molecule has 0 aliphatic carbocycles. The molecule has 23 heavy (non-hydrogen) atoms. The molecule has 1 N–H and O–H groups in total. The minimum absolute atomic E-state index is 0.0109. The molecule has 1 amide bonds. The SMILES string of the molecule is Cc1ccc(-c2nnn(CC(=O)NC(C)(C#N)C(C)C)n2)cc1. The normalized spacial score (nSPS) is 13.4. The highest BCUT2D eigenvalue weighted by molar-refractivity contribution is 5.77. The topological polar surface area (TPSA) is 96.5 Å². The van der Waals surface area contributed by atoms with Gasteiger partial charge in [-0.25, -0.2) is 0 Å². The third-order valence-electron chi connectivity index (χ3n) is 3.83. The number of amides is 1. The number of hydrogen-bond acceptors (Lipinski definition) is 5. The second-order valence-corrected chi connectivity index (χ2v) is 6.03. The van der Waals surface area contributed by atoms with E-state index >= 15 is 0 Å². The van der Waals surface area contributed by atoms with Crippen molar-refractivity contribution in [1.82, 2.24) is 25.5 Å². The first-order valence-electron chi connectivity index (χ1n) is 7.41. The fourth-order valence-corrected chi connectivity index (χ4v) is 1.89. The van der Waals surface area contributed by atoms with Crippen molar-refractivity contribution in [2.45, 2.75) is 39.8 Å². The van der Waals surface area contributed by atoms with Gasteiger partial charge in [0.25, 0.3) is 0 Å². The highest BCUT2D eigenvalue weighted by Crippen LogP contribution is 2.15. The lowest BCUT2D eigenvalue weighted by molar-refractivity contribution is -0.123. The van der Waals surface area contributed by atoms with Gasteiger partial charge in [0.15, 0.2) is 0 Å². The second-order valence-electron chi connectivity index (χ2n) is 6.03. The molecule has 1 aromatic carbocycles. The van der Waals surface area contributed by atoms with Crippen LogP contribution in [0, 0.1) is 24.2 Å². The van der Waals surface area contributed by atoms with Crippen LogP contribution < -0.4 is 5.32 Å². The third kappa shape index (κ3) is 3.92. The number of nitriles is 1. The van der Waals surface area contributed by atoms with E-state index in [9.17, 15) is 10.1 Å². The molecule has 0 fully saturated rings. The third-order valence-corrected chi connectivity index (χ3v) is 3.83.